The molecule has 5 heteroatoms. The Morgan fingerprint density at radius 3 is 2.78 bits per heavy atom. The number of rotatable bonds is 4. The Kier molecular flexibility index (Phi) is 4.28. The number of amides is 2. The number of carbonyl (C=O) groups is 1. The molecule has 0 unspecified atom stereocenters. The van der Waals surface area contributed by atoms with E-state index in [1.165, 1.54) is 0 Å². The lowest BCUT2D eigenvalue weighted by molar-refractivity contribution is 0.237. The molecule has 2 N–H and O–H groups in total. The van der Waals surface area contributed by atoms with E-state index >= 15 is 0 Å². The molecule has 1 aromatic heterocycles. The maximum absolute atomic E-state index is 12.0. The average molecular weight is 309 g/mol. The largest absolute Gasteiger partial charge is 0.356 e. The summed E-state index contributed by atoms with van der Waals surface area (Å²) in [4.78, 5) is 12.0. The van der Waals surface area contributed by atoms with Crippen molar-refractivity contribution < 1.29 is 9.32 Å². The first-order valence-electron chi connectivity index (χ1n) is 7.57. The molecule has 0 aliphatic carbocycles. The predicted molar refractivity (Wildman–Crippen MR) is 89.0 cm³/mol. The van der Waals surface area contributed by atoms with Gasteiger partial charge in [0.1, 0.15) is 5.69 Å². The number of hydrogen-bond donors (Lipinski definition) is 2. The first-order chi connectivity index (χ1) is 11.1. The second kappa shape index (κ2) is 6.52. The van der Waals surface area contributed by atoms with Crippen LogP contribution in [0.25, 0.3) is 11.0 Å². The van der Waals surface area contributed by atoms with Gasteiger partial charge in [-0.25, -0.2) is 4.79 Å². The summed E-state index contributed by atoms with van der Waals surface area (Å²) >= 11 is 0. The van der Waals surface area contributed by atoms with Crippen LogP contribution in [0.4, 0.5) is 4.79 Å². The van der Waals surface area contributed by atoms with E-state index in [0.717, 1.165) is 27.8 Å². The third-order valence-electron chi connectivity index (χ3n) is 3.76. The summed E-state index contributed by atoms with van der Waals surface area (Å²) in [7, 11) is 0. The zero-order chi connectivity index (χ0) is 16.2. The first kappa shape index (κ1) is 15.1. The molecule has 1 atom stereocenters. The maximum Gasteiger partial charge on any atom is 0.315 e. The molecule has 118 valence electrons. The Morgan fingerprint density at radius 1 is 1.22 bits per heavy atom. The van der Waals surface area contributed by atoms with Crippen LogP contribution >= 0.6 is 0 Å². The van der Waals surface area contributed by atoms with Crippen LogP contribution in [0, 0.1) is 6.92 Å². The van der Waals surface area contributed by atoms with Gasteiger partial charge in [0, 0.05) is 5.39 Å². The molecule has 0 aliphatic heterocycles. The summed E-state index contributed by atoms with van der Waals surface area (Å²) in [6.45, 7) is 4.28. The van der Waals surface area contributed by atoms with E-state index in [1.54, 1.807) is 0 Å². The van der Waals surface area contributed by atoms with Crippen molar-refractivity contribution in [1.82, 2.24) is 15.8 Å². The highest BCUT2D eigenvalue weighted by Crippen LogP contribution is 2.19. The van der Waals surface area contributed by atoms with Crippen LogP contribution in [0.15, 0.2) is 53.1 Å². The SMILES string of the molecule is Cc1ccc2onc(CNC(=O)N[C@@H](C)c3ccccc3)c2c1. The van der Waals surface area contributed by atoms with E-state index in [2.05, 4.69) is 15.8 Å². The Morgan fingerprint density at radius 2 is 2.00 bits per heavy atom. The van der Waals surface area contributed by atoms with Gasteiger partial charge < -0.3 is 15.2 Å². The molecule has 3 aromatic rings. The molecule has 0 aliphatic rings. The number of aromatic nitrogens is 1. The Hall–Kier alpha value is -2.82. The zero-order valence-corrected chi connectivity index (χ0v) is 13.2. The van der Waals surface area contributed by atoms with Gasteiger partial charge >= 0.3 is 6.03 Å². The second-order valence-corrected chi connectivity index (χ2v) is 5.59. The number of benzene rings is 2. The maximum atomic E-state index is 12.0. The van der Waals surface area contributed by atoms with Crippen LogP contribution < -0.4 is 10.6 Å². The first-order valence-corrected chi connectivity index (χ1v) is 7.57. The van der Waals surface area contributed by atoms with Crippen molar-refractivity contribution in [3.63, 3.8) is 0 Å². The highest BCUT2D eigenvalue weighted by atomic mass is 16.5. The minimum absolute atomic E-state index is 0.0625. The van der Waals surface area contributed by atoms with Gasteiger partial charge in [-0.1, -0.05) is 47.1 Å². The number of urea groups is 1. The molecule has 3 rings (SSSR count). The molecule has 0 radical (unpaired) electrons. The summed E-state index contributed by atoms with van der Waals surface area (Å²) in [5, 5.41) is 10.7. The monoisotopic (exact) mass is 309 g/mol. The molecule has 1 heterocycles. The average Bonchev–Trinajstić information content (AvgIpc) is 2.96. The fourth-order valence-corrected chi connectivity index (χ4v) is 2.47. The van der Waals surface area contributed by atoms with Gasteiger partial charge in [-0.2, -0.15) is 0 Å². The second-order valence-electron chi connectivity index (χ2n) is 5.59. The fraction of sp³-hybridized carbons (Fsp3) is 0.222. The Bertz CT molecular complexity index is 812. The Balaban J connectivity index is 1.61. The summed E-state index contributed by atoms with van der Waals surface area (Å²) in [5.41, 5.74) is 3.64. The van der Waals surface area contributed by atoms with E-state index in [-0.39, 0.29) is 12.1 Å². The van der Waals surface area contributed by atoms with Crippen molar-refractivity contribution in [2.75, 3.05) is 0 Å². The van der Waals surface area contributed by atoms with Crippen LogP contribution in [-0.2, 0) is 6.54 Å². The van der Waals surface area contributed by atoms with Gasteiger partial charge in [-0.3, -0.25) is 0 Å². The van der Waals surface area contributed by atoms with Gasteiger partial charge in [-0.05, 0) is 31.5 Å². The van der Waals surface area contributed by atoms with Crippen molar-refractivity contribution in [1.29, 1.82) is 0 Å². The quantitative estimate of drug-likeness (QED) is 0.772. The lowest BCUT2D eigenvalue weighted by atomic mass is 10.1. The van der Waals surface area contributed by atoms with Gasteiger partial charge in [0.2, 0.25) is 0 Å². The van der Waals surface area contributed by atoms with Crippen molar-refractivity contribution in [3.8, 4) is 0 Å². The van der Waals surface area contributed by atoms with Crippen LogP contribution in [0.3, 0.4) is 0 Å². The lowest BCUT2D eigenvalue weighted by Gasteiger charge is -2.14. The summed E-state index contributed by atoms with van der Waals surface area (Å²) in [6.07, 6.45) is 0. The fourth-order valence-electron chi connectivity index (χ4n) is 2.47. The number of nitrogens with zero attached hydrogens (tertiary/aromatic N) is 1. The highest BCUT2D eigenvalue weighted by molar-refractivity contribution is 5.81. The smallest absolute Gasteiger partial charge is 0.315 e. The van der Waals surface area contributed by atoms with Crippen molar-refractivity contribution in [2.45, 2.75) is 26.4 Å². The minimum Gasteiger partial charge on any atom is -0.356 e. The zero-order valence-electron chi connectivity index (χ0n) is 13.2. The molecule has 2 amide bonds. The lowest BCUT2D eigenvalue weighted by Crippen LogP contribution is -2.36. The van der Waals surface area contributed by atoms with Crippen molar-refractivity contribution >= 4 is 17.0 Å². The van der Waals surface area contributed by atoms with E-state index in [1.807, 2.05) is 62.4 Å². The summed E-state index contributed by atoms with van der Waals surface area (Å²) < 4.78 is 5.27. The normalized spacial score (nSPS) is 12.1. The summed E-state index contributed by atoms with van der Waals surface area (Å²) in [5.74, 6) is 0. The Labute approximate surface area is 134 Å². The standard InChI is InChI=1S/C18H19N3O2/c1-12-8-9-17-15(10-12)16(21-23-17)11-19-18(22)20-13(2)14-6-4-3-5-7-14/h3-10,13H,11H2,1-2H3,(H2,19,20,22)/t13-/m0/s1. The minimum atomic E-state index is -0.231. The van der Waals surface area contributed by atoms with Crippen molar-refractivity contribution in [3.05, 3.63) is 65.4 Å². The number of carbonyl (C=O) groups excluding carboxylic acids is 1. The van der Waals surface area contributed by atoms with E-state index in [0.29, 0.717) is 6.54 Å². The van der Waals surface area contributed by atoms with Gasteiger partial charge in [-0.15, -0.1) is 0 Å². The third-order valence-corrected chi connectivity index (χ3v) is 3.76. The van der Waals surface area contributed by atoms with Crippen LogP contribution in [0.5, 0.6) is 0 Å². The molecule has 0 saturated carbocycles. The molecule has 0 saturated heterocycles. The molecular weight excluding hydrogens is 290 g/mol. The molecule has 0 bridgehead atoms. The molecule has 5 nitrogen and oxygen atoms in total. The number of nitrogens with one attached hydrogen (secondary N) is 2. The molecular formula is C18H19N3O2. The number of aryl methyl sites for hydroxylation is 1. The van der Waals surface area contributed by atoms with Gasteiger partial charge in [0.25, 0.3) is 0 Å². The van der Waals surface area contributed by atoms with Crippen LogP contribution in [0.1, 0.15) is 29.8 Å². The molecule has 0 fully saturated rings. The molecule has 2 aromatic carbocycles. The van der Waals surface area contributed by atoms with Crippen molar-refractivity contribution in [2.24, 2.45) is 0 Å². The van der Waals surface area contributed by atoms with Gasteiger partial charge in [0.05, 0.1) is 12.6 Å². The third kappa shape index (κ3) is 3.51. The van der Waals surface area contributed by atoms with Gasteiger partial charge in [0.15, 0.2) is 5.58 Å². The predicted octanol–water partition coefficient (Wildman–Crippen LogP) is 3.70. The summed E-state index contributed by atoms with van der Waals surface area (Å²) in [6, 6.07) is 15.4. The molecule has 23 heavy (non-hydrogen) atoms. The highest BCUT2D eigenvalue weighted by Gasteiger charge is 2.12. The van der Waals surface area contributed by atoms with Crippen LogP contribution in [-0.4, -0.2) is 11.2 Å². The number of fused-ring (bicyclic) bond motifs is 1. The van der Waals surface area contributed by atoms with E-state index in [4.69, 9.17) is 4.52 Å². The topological polar surface area (TPSA) is 67.2 Å². The van der Waals surface area contributed by atoms with Crippen LogP contribution in [0.2, 0.25) is 0 Å². The number of hydrogen-bond acceptors (Lipinski definition) is 3. The van der Waals surface area contributed by atoms with E-state index < -0.39 is 0 Å². The molecule has 0 spiro atoms. The van der Waals surface area contributed by atoms with E-state index in [9.17, 15) is 4.79 Å².